The average Bonchev–Trinajstić information content (AvgIpc) is 2.38. The molecule has 0 aromatic heterocycles. The fraction of sp³-hybridized carbons (Fsp3) is 1.00. The van der Waals surface area contributed by atoms with Crippen molar-refractivity contribution in [1.82, 2.24) is 15.1 Å². The Bertz CT molecular complexity index is 203. The Labute approximate surface area is 113 Å². The fourth-order valence-electron chi connectivity index (χ4n) is 2.55. The lowest BCUT2D eigenvalue weighted by Gasteiger charge is -2.40. The molecule has 0 amide bonds. The van der Waals surface area contributed by atoms with Gasteiger partial charge in [-0.05, 0) is 26.8 Å². The molecule has 0 aliphatic carbocycles. The molecule has 0 spiro atoms. The van der Waals surface area contributed by atoms with Gasteiger partial charge in [0.15, 0.2) is 0 Å². The molecular formula is C14H31N3O. The molecule has 1 atom stereocenters. The molecule has 0 bridgehead atoms. The zero-order chi connectivity index (χ0) is 13.4. The molecule has 4 nitrogen and oxygen atoms in total. The van der Waals surface area contributed by atoms with E-state index in [0.717, 1.165) is 19.7 Å². The van der Waals surface area contributed by atoms with Crippen LogP contribution in [0, 0.1) is 0 Å². The van der Waals surface area contributed by atoms with Crippen molar-refractivity contribution in [1.29, 1.82) is 0 Å². The van der Waals surface area contributed by atoms with Gasteiger partial charge in [0, 0.05) is 51.9 Å². The van der Waals surface area contributed by atoms with Crippen LogP contribution in [0.4, 0.5) is 0 Å². The predicted molar refractivity (Wildman–Crippen MR) is 77.1 cm³/mol. The average molecular weight is 257 g/mol. The number of piperazine rings is 1. The quantitative estimate of drug-likeness (QED) is 0.657. The normalized spacial score (nSPS) is 20.5. The maximum absolute atomic E-state index is 5.37. The molecule has 0 aromatic carbocycles. The van der Waals surface area contributed by atoms with E-state index in [2.05, 4.69) is 35.9 Å². The van der Waals surface area contributed by atoms with Crippen LogP contribution in [0.15, 0.2) is 0 Å². The maximum atomic E-state index is 5.37. The molecule has 4 heteroatoms. The van der Waals surface area contributed by atoms with Gasteiger partial charge in [0.1, 0.15) is 0 Å². The van der Waals surface area contributed by atoms with Gasteiger partial charge in [0.2, 0.25) is 0 Å². The van der Waals surface area contributed by atoms with E-state index in [9.17, 15) is 0 Å². The number of nitrogens with zero attached hydrogens (tertiary/aromatic N) is 2. The second-order valence-corrected chi connectivity index (χ2v) is 5.48. The van der Waals surface area contributed by atoms with Crippen LogP contribution < -0.4 is 5.32 Å². The van der Waals surface area contributed by atoms with Gasteiger partial charge < -0.3 is 10.1 Å². The highest BCUT2D eigenvalue weighted by molar-refractivity contribution is 4.81. The molecule has 1 unspecified atom stereocenters. The number of nitrogens with one attached hydrogen (secondary N) is 1. The minimum Gasteiger partial charge on any atom is -0.383 e. The lowest BCUT2D eigenvalue weighted by atomic mass is 10.2. The third-order valence-electron chi connectivity index (χ3n) is 3.76. The monoisotopic (exact) mass is 257 g/mol. The lowest BCUT2D eigenvalue weighted by molar-refractivity contribution is 0.0406. The van der Waals surface area contributed by atoms with Crippen molar-refractivity contribution < 1.29 is 4.74 Å². The van der Waals surface area contributed by atoms with Crippen LogP contribution in [0.5, 0.6) is 0 Å². The van der Waals surface area contributed by atoms with Gasteiger partial charge in [-0.25, -0.2) is 0 Å². The largest absolute Gasteiger partial charge is 0.383 e. The predicted octanol–water partition coefficient (Wildman–Crippen LogP) is 1.03. The maximum Gasteiger partial charge on any atom is 0.0630 e. The first-order valence-corrected chi connectivity index (χ1v) is 7.36. The molecule has 1 rings (SSSR count). The summed E-state index contributed by atoms with van der Waals surface area (Å²) in [6.07, 6.45) is 1.20. The summed E-state index contributed by atoms with van der Waals surface area (Å²) in [5.41, 5.74) is 0. The smallest absolute Gasteiger partial charge is 0.0630 e. The highest BCUT2D eigenvalue weighted by atomic mass is 16.5. The first kappa shape index (κ1) is 15.9. The van der Waals surface area contributed by atoms with Gasteiger partial charge >= 0.3 is 0 Å². The molecule has 1 saturated heterocycles. The second kappa shape index (κ2) is 8.86. The first-order valence-electron chi connectivity index (χ1n) is 7.36. The van der Waals surface area contributed by atoms with Crippen LogP contribution in [-0.2, 0) is 4.74 Å². The summed E-state index contributed by atoms with van der Waals surface area (Å²) in [5.74, 6) is 0. The van der Waals surface area contributed by atoms with Crippen molar-refractivity contribution in [3.8, 4) is 0 Å². The van der Waals surface area contributed by atoms with Crippen molar-refractivity contribution >= 4 is 0 Å². The third-order valence-corrected chi connectivity index (χ3v) is 3.76. The molecule has 0 saturated carbocycles. The summed E-state index contributed by atoms with van der Waals surface area (Å²) in [7, 11) is 1.80. The summed E-state index contributed by atoms with van der Waals surface area (Å²) in [4.78, 5) is 5.13. The van der Waals surface area contributed by atoms with Crippen LogP contribution >= 0.6 is 0 Å². The SMILES string of the molecule is CCCNCC(COC)N1CCN(C(C)C)CC1. The first-order chi connectivity index (χ1) is 8.69. The van der Waals surface area contributed by atoms with Crippen LogP contribution in [0.2, 0.25) is 0 Å². The Morgan fingerprint density at radius 2 is 1.72 bits per heavy atom. The van der Waals surface area contributed by atoms with Crippen molar-refractivity contribution in [3.05, 3.63) is 0 Å². The standard InChI is InChI=1S/C14H31N3O/c1-5-6-15-11-14(12-18-4)17-9-7-16(8-10-17)13(2)3/h13-15H,5-12H2,1-4H3. The molecule has 108 valence electrons. The van der Waals surface area contributed by atoms with E-state index in [4.69, 9.17) is 4.74 Å². The Morgan fingerprint density at radius 3 is 2.22 bits per heavy atom. The summed E-state index contributed by atoms with van der Waals surface area (Å²) < 4.78 is 5.37. The van der Waals surface area contributed by atoms with Crippen molar-refractivity contribution in [2.45, 2.75) is 39.3 Å². The van der Waals surface area contributed by atoms with Crippen molar-refractivity contribution in [3.63, 3.8) is 0 Å². The highest BCUT2D eigenvalue weighted by Gasteiger charge is 2.24. The minimum absolute atomic E-state index is 0.524. The van der Waals surface area contributed by atoms with Crippen LogP contribution in [0.1, 0.15) is 27.2 Å². The van der Waals surface area contributed by atoms with Gasteiger partial charge in [-0.3, -0.25) is 9.80 Å². The fourth-order valence-corrected chi connectivity index (χ4v) is 2.55. The van der Waals surface area contributed by atoms with Crippen molar-refractivity contribution in [2.75, 3.05) is 53.0 Å². The molecule has 0 radical (unpaired) electrons. The molecule has 1 heterocycles. The lowest BCUT2D eigenvalue weighted by Crippen LogP contribution is -2.55. The van der Waals surface area contributed by atoms with Gasteiger partial charge in [-0.1, -0.05) is 6.92 Å². The number of methoxy groups -OCH3 is 1. The summed E-state index contributed by atoms with van der Waals surface area (Å²) in [5, 5.41) is 3.52. The van der Waals surface area contributed by atoms with E-state index in [1.807, 2.05) is 0 Å². The highest BCUT2D eigenvalue weighted by Crippen LogP contribution is 2.09. The molecule has 1 aliphatic rings. The molecule has 18 heavy (non-hydrogen) atoms. The van der Waals surface area contributed by atoms with Crippen LogP contribution in [0.25, 0.3) is 0 Å². The zero-order valence-electron chi connectivity index (χ0n) is 12.6. The van der Waals surface area contributed by atoms with E-state index in [0.29, 0.717) is 12.1 Å². The van der Waals surface area contributed by atoms with Gasteiger partial charge in [-0.15, -0.1) is 0 Å². The van der Waals surface area contributed by atoms with Gasteiger partial charge in [0.25, 0.3) is 0 Å². The molecule has 1 fully saturated rings. The van der Waals surface area contributed by atoms with E-state index in [1.165, 1.54) is 32.6 Å². The molecule has 0 aromatic rings. The van der Waals surface area contributed by atoms with E-state index < -0.39 is 0 Å². The Morgan fingerprint density at radius 1 is 1.11 bits per heavy atom. The zero-order valence-corrected chi connectivity index (χ0v) is 12.6. The van der Waals surface area contributed by atoms with Crippen LogP contribution in [-0.4, -0.2) is 74.9 Å². The summed E-state index contributed by atoms with van der Waals surface area (Å²) in [6, 6.07) is 1.20. The Hall–Kier alpha value is -0.160. The minimum atomic E-state index is 0.524. The topological polar surface area (TPSA) is 27.7 Å². The Kier molecular flexibility index (Phi) is 7.82. The molecule has 1 aliphatic heterocycles. The number of hydrogen-bond acceptors (Lipinski definition) is 4. The van der Waals surface area contributed by atoms with E-state index in [-0.39, 0.29) is 0 Å². The number of rotatable bonds is 8. The number of ether oxygens (including phenoxy) is 1. The molecule has 1 N–H and O–H groups in total. The summed E-state index contributed by atoms with van der Waals surface area (Å²) in [6.45, 7) is 14.5. The van der Waals surface area contributed by atoms with E-state index in [1.54, 1.807) is 7.11 Å². The Balaban J connectivity index is 2.34. The number of hydrogen-bond donors (Lipinski definition) is 1. The second-order valence-electron chi connectivity index (χ2n) is 5.48. The van der Waals surface area contributed by atoms with Crippen LogP contribution in [0.3, 0.4) is 0 Å². The van der Waals surface area contributed by atoms with Gasteiger partial charge in [0.05, 0.1) is 6.61 Å². The van der Waals surface area contributed by atoms with Crippen molar-refractivity contribution in [2.24, 2.45) is 0 Å². The third kappa shape index (κ3) is 5.22. The summed E-state index contributed by atoms with van der Waals surface area (Å²) >= 11 is 0. The van der Waals surface area contributed by atoms with E-state index >= 15 is 0 Å². The van der Waals surface area contributed by atoms with Gasteiger partial charge in [-0.2, -0.15) is 0 Å². The molecular weight excluding hydrogens is 226 g/mol.